The zero-order chi connectivity index (χ0) is 10.7. The second-order valence-corrected chi connectivity index (χ2v) is 3.15. The summed E-state index contributed by atoms with van der Waals surface area (Å²) in [6.07, 6.45) is 5.89. The molecule has 1 N–H and O–H groups in total. The van der Waals surface area contributed by atoms with E-state index in [0.717, 1.165) is 28.5 Å². The van der Waals surface area contributed by atoms with E-state index in [4.69, 9.17) is 4.74 Å². The molecule has 1 aromatic heterocycles. The molecule has 0 saturated carbocycles. The molecule has 15 heavy (non-hydrogen) atoms. The molecule has 2 rings (SSSR count). The molecule has 1 heterocycles. The fourth-order valence-corrected chi connectivity index (χ4v) is 1.54. The van der Waals surface area contributed by atoms with Gasteiger partial charge in [0.15, 0.2) is 0 Å². The minimum atomic E-state index is 0.766. The Hall–Kier alpha value is -2.03. The van der Waals surface area contributed by atoms with E-state index in [1.807, 2.05) is 24.4 Å². The molecule has 0 saturated heterocycles. The summed E-state index contributed by atoms with van der Waals surface area (Å²) in [5, 5.41) is 1.08. The second-order valence-electron chi connectivity index (χ2n) is 3.15. The van der Waals surface area contributed by atoms with E-state index in [1.165, 1.54) is 6.08 Å². The Morgan fingerprint density at radius 3 is 3.00 bits per heavy atom. The zero-order valence-corrected chi connectivity index (χ0v) is 8.36. The van der Waals surface area contributed by atoms with Gasteiger partial charge in [0, 0.05) is 23.2 Å². The lowest BCUT2D eigenvalue weighted by Crippen LogP contribution is -1.81. The maximum atomic E-state index is 10.2. The number of carbonyl (C=O) groups is 1. The van der Waals surface area contributed by atoms with Crippen LogP contribution in [0.1, 0.15) is 5.56 Å². The molecular formula is C12H11NO2. The largest absolute Gasteiger partial charge is 0.497 e. The summed E-state index contributed by atoms with van der Waals surface area (Å²) in [5.74, 6) is 0.815. The molecule has 0 fully saturated rings. The first-order valence-corrected chi connectivity index (χ1v) is 4.62. The fourth-order valence-electron chi connectivity index (χ4n) is 1.54. The minimum absolute atomic E-state index is 0.766. The van der Waals surface area contributed by atoms with Crippen LogP contribution in [0.5, 0.6) is 5.75 Å². The van der Waals surface area contributed by atoms with Crippen LogP contribution in [0.15, 0.2) is 30.5 Å². The highest BCUT2D eigenvalue weighted by Crippen LogP contribution is 2.23. The first-order valence-electron chi connectivity index (χ1n) is 4.62. The Kier molecular flexibility index (Phi) is 2.54. The number of carbonyl (C=O) groups excluding carboxylic acids is 1. The number of nitrogens with one attached hydrogen (secondary N) is 1. The van der Waals surface area contributed by atoms with Gasteiger partial charge < -0.3 is 9.72 Å². The average Bonchev–Trinajstić information content (AvgIpc) is 2.68. The van der Waals surface area contributed by atoms with Crippen molar-refractivity contribution in [3.05, 3.63) is 36.0 Å². The van der Waals surface area contributed by atoms with Gasteiger partial charge in [-0.2, -0.15) is 0 Å². The number of aromatic amines is 1. The van der Waals surface area contributed by atoms with Gasteiger partial charge in [0.1, 0.15) is 12.0 Å². The summed E-state index contributed by atoms with van der Waals surface area (Å²) in [5.41, 5.74) is 2.00. The number of aromatic nitrogens is 1. The van der Waals surface area contributed by atoms with Crippen molar-refractivity contribution in [3.8, 4) is 5.75 Å². The van der Waals surface area contributed by atoms with Gasteiger partial charge in [0.25, 0.3) is 0 Å². The maximum Gasteiger partial charge on any atom is 0.142 e. The van der Waals surface area contributed by atoms with Crippen LogP contribution in [-0.4, -0.2) is 18.4 Å². The van der Waals surface area contributed by atoms with Gasteiger partial charge in [-0.3, -0.25) is 4.79 Å². The van der Waals surface area contributed by atoms with Crippen molar-refractivity contribution in [3.63, 3.8) is 0 Å². The number of fused-ring (bicyclic) bond motifs is 1. The third-order valence-electron chi connectivity index (χ3n) is 2.28. The molecule has 0 aliphatic carbocycles. The van der Waals surface area contributed by atoms with Crippen LogP contribution in [0.4, 0.5) is 0 Å². The van der Waals surface area contributed by atoms with E-state index in [0.29, 0.717) is 0 Å². The standard InChI is InChI=1S/C12H11NO2/c1-15-10-4-5-11-9(3-2-6-14)8-13-12(11)7-10/h2-8,13H,1H3/b3-2+. The van der Waals surface area contributed by atoms with Crippen LogP contribution < -0.4 is 4.74 Å². The number of ether oxygens (including phenoxy) is 1. The Morgan fingerprint density at radius 2 is 2.27 bits per heavy atom. The summed E-state index contributed by atoms with van der Waals surface area (Å²) in [4.78, 5) is 13.3. The number of H-pyrrole nitrogens is 1. The predicted octanol–water partition coefficient (Wildman–Crippen LogP) is 2.39. The van der Waals surface area contributed by atoms with Gasteiger partial charge in [-0.1, -0.05) is 0 Å². The molecule has 2 aromatic rings. The first-order chi connectivity index (χ1) is 7.35. The van der Waals surface area contributed by atoms with Crippen molar-refractivity contribution >= 4 is 23.3 Å². The molecule has 1 aromatic carbocycles. The van der Waals surface area contributed by atoms with Crippen LogP contribution in [-0.2, 0) is 4.79 Å². The van der Waals surface area contributed by atoms with Gasteiger partial charge in [-0.15, -0.1) is 0 Å². The van der Waals surface area contributed by atoms with Gasteiger partial charge in [-0.05, 0) is 29.8 Å². The third-order valence-corrected chi connectivity index (χ3v) is 2.28. The highest BCUT2D eigenvalue weighted by atomic mass is 16.5. The minimum Gasteiger partial charge on any atom is -0.497 e. The summed E-state index contributed by atoms with van der Waals surface area (Å²) < 4.78 is 5.12. The monoisotopic (exact) mass is 201 g/mol. The molecule has 0 bridgehead atoms. The summed E-state index contributed by atoms with van der Waals surface area (Å²) in [7, 11) is 1.64. The van der Waals surface area contributed by atoms with Crippen molar-refractivity contribution in [2.75, 3.05) is 7.11 Å². The Morgan fingerprint density at radius 1 is 1.40 bits per heavy atom. The van der Waals surface area contributed by atoms with E-state index in [1.54, 1.807) is 13.2 Å². The van der Waals surface area contributed by atoms with E-state index in [2.05, 4.69) is 4.98 Å². The molecular weight excluding hydrogens is 190 g/mol. The zero-order valence-electron chi connectivity index (χ0n) is 8.36. The normalized spacial score (nSPS) is 11.0. The Balaban J connectivity index is 2.51. The third kappa shape index (κ3) is 1.76. The van der Waals surface area contributed by atoms with Crippen molar-refractivity contribution in [1.29, 1.82) is 0 Å². The molecule has 0 atom stereocenters. The molecule has 0 radical (unpaired) electrons. The number of methoxy groups -OCH3 is 1. The van der Waals surface area contributed by atoms with Crippen LogP contribution in [0.3, 0.4) is 0 Å². The Bertz CT molecular complexity index is 511. The summed E-state index contributed by atoms with van der Waals surface area (Å²) in [6.45, 7) is 0. The van der Waals surface area contributed by atoms with Gasteiger partial charge >= 0.3 is 0 Å². The molecule has 76 valence electrons. The number of hydrogen-bond donors (Lipinski definition) is 1. The van der Waals surface area contributed by atoms with Crippen LogP contribution >= 0.6 is 0 Å². The molecule has 0 amide bonds. The topological polar surface area (TPSA) is 42.1 Å². The molecule has 0 unspecified atom stereocenters. The predicted molar refractivity (Wildman–Crippen MR) is 59.9 cm³/mol. The lowest BCUT2D eigenvalue weighted by molar-refractivity contribution is -0.104. The molecule has 0 spiro atoms. The molecule has 3 nitrogen and oxygen atoms in total. The van der Waals surface area contributed by atoms with E-state index < -0.39 is 0 Å². The number of hydrogen-bond acceptors (Lipinski definition) is 2. The number of aldehydes is 1. The highest BCUT2D eigenvalue weighted by Gasteiger charge is 2.01. The van der Waals surface area contributed by atoms with E-state index >= 15 is 0 Å². The first kappa shape index (κ1) is 9.52. The van der Waals surface area contributed by atoms with E-state index in [9.17, 15) is 4.79 Å². The number of benzene rings is 1. The van der Waals surface area contributed by atoms with Crippen molar-refractivity contribution in [1.82, 2.24) is 4.98 Å². The Labute approximate surface area is 87.4 Å². The molecule has 3 heteroatoms. The smallest absolute Gasteiger partial charge is 0.142 e. The van der Waals surface area contributed by atoms with Crippen LogP contribution in [0.2, 0.25) is 0 Å². The second kappa shape index (κ2) is 4.00. The van der Waals surface area contributed by atoms with Crippen molar-refractivity contribution in [2.45, 2.75) is 0 Å². The molecule has 0 aliphatic rings. The number of allylic oxidation sites excluding steroid dienone is 1. The summed E-state index contributed by atoms with van der Waals surface area (Å²) in [6, 6.07) is 5.79. The van der Waals surface area contributed by atoms with Gasteiger partial charge in [-0.25, -0.2) is 0 Å². The number of rotatable bonds is 3. The average molecular weight is 201 g/mol. The van der Waals surface area contributed by atoms with Gasteiger partial charge in [0.05, 0.1) is 7.11 Å². The van der Waals surface area contributed by atoms with Crippen LogP contribution in [0, 0.1) is 0 Å². The fraction of sp³-hybridized carbons (Fsp3) is 0.0833. The maximum absolute atomic E-state index is 10.2. The van der Waals surface area contributed by atoms with Crippen molar-refractivity contribution in [2.24, 2.45) is 0 Å². The molecule has 0 aliphatic heterocycles. The summed E-state index contributed by atoms with van der Waals surface area (Å²) >= 11 is 0. The highest BCUT2D eigenvalue weighted by molar-refractivity contribution is 5.91. The van der Waals surface area contributed by atoms with Crippen molar-refractivity contribution < 1.29 is 9.53 Å². The lowest BCUT2D eigenvalue weighted by Gasteiger charge is -1.98. The van der Waals surface area contributed by atoms with E-state index in [-0.39, 0.29) is 0 Å². The van der Waals surface area contributed by atoms with Crippen LogP contribution in [0.25, 0.3) is 17.0 Å². The SMILES string of the molecule is COc1ccc2c(/C=C/C=O)c[nH]c2c1. The lowest BCUT2D eigenvalue weighted by atomic mass is 10.1. The quantitative estimate of drug-likeness (QED) is 0.612. The van der Waals surface area contributed by atoms with Gasteiger partial charge in [0.2, 0.25) is 0 Å².